The van der Waals surface area contributed by atoms with Crippen LogP contribution in [0.1, 0.15) is 71.2 Å². The molecule has 2 aliphatic rings. The lowest BCUT2D eigenvalue weighted by Gasteiger charge is -2.24. The fourth-order valence-electron chi connectivity index (χ4n) is 8.11. The number of ether oxygens (including phenoxy) is 3. The molecule has 4 N–H and O–H groups in total. The van der Waals surface area contributed by atoms with E-state index in [9.17, 15) is 14.9 Å². The highest BCUT2D eigenvalue weighted by Crippen LogP contribution is 2.37. The Morgan fingerprint density at radius 2 is 1.53 bits per heavy atom. The maximum absolute atomic E-state index is 12.2. The van der Waals surface area contributed by atoms with Crippen LogP contribution in [-0.2, 0) is 42.4 Å². The highest BCUT2D eigenvalue weighted by atomic mass is 35.5. The van der Waals surface area contributed by atoms with Crippen molar-refractivity contribution < 1.29 is 23.8 Å². The zero-order valence-corrected chi connectivity index (χ0v) is 34.7. The molecule has 3 aromatic carbocycles. The SMILES string of the molecule is Cc1c(COc2cc(OCc3cncc(C#N)c3)c(CN3CCCC3C(N)=O)cc2Cl)cccc1-c1cccc(OCCCn2cc(CN3CCCC3C(N)=O)nn2)c1C. The van der Waals surface area contributed by atoms with Crippen LogP contribution in [-0.4, -0.2) is 73.4 Å². The maximum atomic E-state index is 12.2. The Kier molecular flexibility index (Phi) is 13.6. The van der Waals surface area contributed by atoms with Crippen molar-refractivity contribution >= 4 is 23.4 Å². The molecule has 2 aromatic heterocycles. The summed E-state index contributed by atoms with van der Waals surface area (Å²) in [5.41, 5.74) is 19.3. The zero-order valence-electron chi connectivity index (χ0n) is 34.0. The minimum atomic E-state index is -0.360. The molecule has 0 spiro atoms. The lowest BCUT2D eigenvalue weighted by atomic mass is 9.93. The van der Waals surface area contributed by atoms with Crippen molar-refractivity contribution in [3.63, 3.8) is 0 Å². The van der Waals surface area contributed by atoms with Gasteiger partial charge in [-0.3, -0.25) is 29.1 Å². The molecule has 2 atom stereocenters. The lowest BCUT2D eigenvalue weighted by molar-refractivity contribution is -0.123. The number of hydrogen-bond donors (Lipinski definition) is 2. The van der Waals surface area contributed by atoms with Crippen LogP contribution in [0.3, 0.4) is 0 Å². The van der Waals surface area contributed by atoms with Gasteiger partial charge in [0.1, 0.15) is 36.5 Å². The molecule has 5 aromatic rings. The van der Waals surface area contributed by atoms with Gasteiger partial charge >= 0.3 is 0 Å². The molecule has 7 rings (SSSR count). The maximum Gasteiger partial charge on any atom is 0.234 e. The van der Waals surface area contributed by atoms with Gasteiger partial charge in [-0.05, 0) is 98.6 Å². The first-order valence-electron chi connectivity index (χ1n) is 20.3. The van der Waals surface area contributed by atoms with Gasteiger partial charge in [0, 0.05) is 61.8 Å². The number of aryl methyl sites for hydroxylation is 1. The van der Waals surface area contributed by atoms with Crippen LogP contribution in [0.15, 0.2) is 73.2 Å². The van der Waals surface area contributed by atoms with Crippen LogP contribution >= 0.6 is 11.6 Å². The first-order valence-corrected chi connectivity index (χ1v) is 20.6. The third-order valence-electron chi connectivity index (χ3n) is 11.3. The molecule has 14 nitrogen and oxygen atoms in total. The number of nitrogens with zero attached hydrogens (tertiary/aromatic N) is 7. The van der Waals surface area contributed by atoms with Gasteiger partial charge in [0.05, 0.1) is 35.0 Å². The van der Waals surface area contributed by atoms with Crippen LogP contribution < -0.4 is 25.7 Å². The Balaban J connectivity index is 1.00. The van der Waals surface area contributed by atoms with E-state index < -0.39 is 0 Å². The third kappa shape index (κ3) is 10.0. The van der Waals surface area contributed by atoms with Crippen molar-refractivity contribution in [2.24, 2.45) is 11.5 Å². The molecule has 2 aliphatic heterocycles. The highest BCUT2D eigenvalue weighted by molar-refractivity contribution is 6.32. The molecule has 2 amide bonds. The molecule has 15 heteroatoms. The van der Waals surface area contributed by atoms with Gasteiger partial charge in [-0.15, -0.1) is 5.10 Å². The van der Waals surface area contributed by atoms with Gasteiger partial charge in [0.2, 0.25) is 11.8 Å². The smallest absolute Gasteiger partial charge is 0.234 e. The number of aromatic nitrogens is 4. The summed E-state index contributed by atoms with van der Waals surface area (Å²) in [6.07, 6.45) is 9.13. The number of nitrogens with two attached hydrogens (primary N) is 2. The van der Waals surface area contributed by atoms with E-state index in [0.29, 0.717) is 54.7 Å². The van der Waals surface area contributed by atoms with E-state index in [1.807, 2.05) is 46.1 Å². The Hall–Kier alpha value is -6.01. The average Bonchev–Trinajstić information content (AvgIpc) is 4.02. The number of halogens is 1. The van der Waals surface area contributed by atoms with Crippen LogP contribution in [0.25, 0.3) is 11.1 Å². The van der Waals surface area contributed by atoms with Crippen LogP contribution in [0.5, 0.6) is 17.2 Å². The second kappa shape index (κ2) is 19.4. The molecule has 2 unspecified atom stereocenters. The van der Waals surface area contributed by atoms with E-state index in [4.69, 9.17) is 37.3 Å². The monoisotopic (exact) mass is 831 g/mol. The summed E-state index contributed by atoms with van der Waals surface area (Å²) in [6, 6.07) is 19.1. The molecule has 4 heterocycles. The number of rotatable bonds is 18. The molecule has 60 heavy (non-hydrogen) atoms. The number of likely N-dealkylation sites (tertiary alicyclic amines) is 2. The fourth-order valence-corrected chi connectivity index (χ4v) is 8.35. The van der Waals surface area contributed by atoms with Crippen molar-refractivity contribution in [2.75, 3.05) is 19.7 Å². The predicted octanol–water partition coefficient (Wildman–Crippen LogP) is 6.01. The first-order chi connectivity index (χ1) is 29.1. The molecule has 312 valence electrons. The van der Waals surface area contributed by atoms with E-state index in [2.05, 4.69) is 52.2 Å². The summed E-state index contributed by atoms with van der Waals surface area (Å²) in [5, 5.41) is 18.4. The number of carbonyl (C=O) groups is 2. The zero-order chi connectivity index (χ0) is 42.2. The Labute approximate surface area is 355 Å². The quantitative estimate of drug-likeness (QED) is 0.0985. The van der Waals surface area contributed by atoms with E-state index in [1.54, 1.807) is 18.3 Å². The van der Waals surface area contributed by atoms with E-state index in [-0.39, 0.29) is 37.1 Å². The molecule has 2 saturated heterocycles. The van der Waals surface area contributed by atoms with Gasteiger partial charge in [-0.1, -0.05) is 47.1 Å². The second-order valence-electron chi connectivity index (χ2n) is 15.4. The van der Waals surface area contributed by atoms with Gasteiger partial charge in [-0.2, -0.15) is 5.26 Å². The van der Waals surface area contributed by atoms with Crippen LogP contribution in [0, 0.1) is 25.2 Å². The standard InChI is InChI=1S/C45H50ClN9O5/c1-29-33(28-60-43-20-42(59-27-32-18-31(21-47)22-50-23-32)34(19-38(43)46)24-53-14-5-11-39(53)44(48)56)8-3-9-36(29)37-10-4-13-41(30(37)2)58-17-7-16-55-26-35(51-52-55)25-54-15-6-12-40(54)45(49)57/h3-4,8-10,13,18-20,22-23,26,39-40H,5-7,11-12,14-17,24-25,27-28H2,1-2H3,(H2,48,56)(H2,49,57). The van der Waals surface area contributed by atoms with Crippen molar-refractivity contribution in [3.05, 3.63) is 117 Å². The third-order valence-corrected chi connectivity index (χ3v) is 11.6. The fraction of sp³-hybridized carbons (Fsp3) is 0.378. The van der Waals surface area contributed by atoms with E-state index in [0.717, 1.165) is 89.2 Å². The number of nitriles is 1. The van der Waals surface area contributed by atoms with Crippen molar-refractivity contribution in [1.29, 1.82) is 5.26 Å². The summed E-state index contributed by atoms with van der Waals surface area (Å²) in [5.74, 6) is 1.18. The van der Waals surface area contributed by atoms with Crippen LogP contribution in [0.4, 0.5) is 0 Å². The highest BCUT2D eigenvalue weighted by Gasteiger charge is 2.31. The summed E-state index contributed by atoms with van der Waals surface area (Å²) >= 11 is 6.87. The molecule has 2 fully saturated rings. The minimum absolute atomic E-state index is 0.169. The van der Waals surface area contributed by atoms with E-state index in [1.165, 1.54) is 6.20 Å². The number of hydrogen-bond acceptors (Lipinski definition) is 11. The second-order valence-corrected chi connectivity index (χ2v) is 15.8. The molecule has 0 aliphatic carbocycles. The van der Waals surface area contributed by atoms with Gasteiger partial charge in [0.25, 0.3) is 0 Å². The minimum Gasteiger partial charge on any atom is -0.493 e. The van der Waals surface area contributed by atoms with Crippen molar-refractivity contribution in [2.45, 2.75) is 90.9 Å². The predicted molar refractivity (Wildman–Crippen MR) is 226 cm³/mol. The number of primary amides is 2. The summed E-state index contributed by atoms with van der Waals surface area (Å²) < 4.78 is 20.8. The summed E-state index contributed by atoms with van der Waals surface area (Å²) in [6.45, 7) is 8.26. The van der Waals surface area contributed by atoms with Gasteiger partial charge in [-0.25, -0.2) is 0 Å². The normalized spacial score (nSPS) is 16.8. The Morgan fingerprint density at radius 3 is 2.27 bits per heavy atom. The summed E-state index contributed by atoms with van der Waals surface area (Å²) in [4.78, 5) is 32.2. The molecular weight excluding hydrogens is 782 g/mol. The number of pyridine rings is 1. The van der Waals surface area contributed by atoms with Gasteiger partial charge in [0.15, 0.2) is 0 Å². The average molecular weight is 832 g/mol. The molecular formula is C45H50ClN9O5. The lowest BCUT2D eigenvalue weighted by Crippen LogP contribution is -2.39. The van der Waals surface area contributed by atoms with Crippen molar-refractivity contribution in [3.8, 4) is 34.4 Å². The molecule has 0 bridgehead atoms. The Morgan fingerprint density at radius 1 is 0.833 bits per heavy atom. The number of amides is 2. The van der Waals surface area contributed by atoms with Crippen molar-refractivity contribution in [1.82, 2.24) is 29.8 Å². The summed E-state index contributed by atoms with van der Waals surface area (Å²) in [7, 11) is 0. The number of benzene rings is 3. The van der Waals surface area contributed by atoms with E-state index >= 15 is 0 Å². The van der Waals surface area contributed by atoms with Crippen LogP contribution in [0.2, 0.25) is 5.02 Å². The molecule has 0 saturated carbocycles. The van der Waals surface area contributed by atoms with Gasteiger partial charge < -0.3 is 25.7 Å². The Bertz CT molecular complexity index is 2380. The number of carbonyl (C=O) groups excluding carboxylic acids is 2. The topological polar surface area (TPSA) is 188 Å². The largest absolute Gasteiger partial charge is 0.493 e. The first kappa shape index (κ1) is 42.1. The molecule has 0 radical (unpaired) electrons.